The third-order valence-corrected chi connectivity index (χ3v) is 21.0. The molecule has 0 fully saturated rings. The standard InChI is InChI=1S/C83H158N2O21P2.2Na/c1-7-13-19-25-29-33-37-43-47-53-73(86)67-81(90)105-77(69-97-63-59-75(55-49-41-23-17-11-5)103-79(88)57-51-45-39-35-31-27-21-15-9-3)71-101-107(93,94)99-65-61-84-83(92)85-62-66-100-108(95,96)102-72-78(106-82(91)68-74(87)54-48-44-38-34-30-26-20-14-8-2)70-98-64-60-76(56-50-42-24-18-12-6)104-80(89)58-52-46-40-36-32-28-22-16-10-4;;/h75-78H,7-72H2,1-6H3,(H,93,94)(H,95,96)(H2,84,85,92);;/q;2*+1/p-2/t75-,76-,77-,78-;;/m1../s1. The van der Waals surface area contributed by atoms with Crippen LogP contribution in [0.4, 0.5) is 4.79 Å². The third kappa shape index (κ3) is 79.1. The van der Waals surface area contributed by atoms with E-state index in [1.807, 2.05) is 0 Å². The Kier molecular flexibility index (Phi) is 84.8. The van der Waals surface area contributed by atoms with Crippen LogP contribution in [0.3, 0.4) is 0 Å². The quantitative estimate of drug-likeness (QED) is 0.0143. The number of phosphoric acid groups is 2. The molecule has 0 saturated heterocycles. The molecule has 23 nitrogen and oxygen atoms in total. The van der Waals surface area contributed by atoms with E-state index in [4.69, 9.17) is 46.5 Å². The van der Waals surface area contributed by atoms with Crippen LogP contribution in [0.15, 0.2) is 0 Å². The Morgan fingerprint density at radius 3 is 0.809 bits per heavy atom. The molecule has 2 unspecified atom stereocenters. The fourth-order valence-corrected chi connectivity index (χ4v) is 14.0. The maximum Gasteiger partial charge on any atom is 1.00 e. The summed E-state index contributed by atoms with van der Waals surface area (Å²) in [4.78, 5) is 117. The molecular weight excluding hydrogens is 1470 g/mol. The van der Waals surface area contributed by atoms with Crippen molar-refractivity contribution in [3.8, 4) is 0 Å². The summed E-state index contributed by atoms with van der Waals surface area (Å²) in [5.41, 5.74) is 0. The number of urea groups is 1. The second-order valence-corrected chi connectivity index (χ2v) is 32.5. The summed E-state index contributed by atoms with van der Waals surface area (Å²) in [6, 6.07) is -0.835. The topological polar surface area (TPSA) is 316 Å². The van der Waals surface area contributed by atoms with Crippen LogP contribution in [-0.2, 0) is 84.4 Å². The number of carbonyl (C=O) groups is 7. The molecule has 0 aromatic rings. The van der Waals surface area contributed by atoms with E-state index in [1.165, 1.54) is 116 Å². The number of unbranched alkanes of at least 4 members (excludes halogenated alkanes) is 40. The van der Waals surface area contributed by atoms with E-state index >= 15 is 0 Å². The number of phosphoric ester groups is 2. The molecule has 0 rings (SSSR count). The van der Waals surface area contributed by atoms with E-state index in [0.717, 1.165) is 167 Å². The van der Waals surface area contributed by atoms with Crippen LogP contribution in [0, 0.1) is 0 Å². The van der Waals surface area contributed by atoms with Gasteiger partial charge in [0.2, 0.25) is 0 Å². The van der Waals surface area contributed by atoms with Gasteiger partial charge in [0.15, 0.2) is 0 Å². The molecule has 2 amide bonds. The van der Waals surface area contributed by atoms with Gasteiger partial charge in [-0.3, -0.25) is 37.9 Å². The minimum atomic E-state index is -5.10. The zero-order valence-corrected chi connectivity index (χ0v) is 76.7. The minimum Gasteiger partial charge on any atom is -0.756 e. The predicted octanol–water partition coefficient (Wildman–Crippen LogP) is 14.1. The van der Waals surface area contributed by atoms with Crippen molar-refractivity contribution in [2.24, 2.45) is 0 Å². The number of rotatable bonds is 84. The van der Waals surface area contributed by atoms with Gasteiger partial charge in [-0.2, -0.15) is 0 Å². The molecular formula is C83H156N2Na2O21P2. The van der Waals surface area contributed by atoms with Crippen LogP contribution in [0.2, 0.25) is 0 Å². The number of nitrogens with one attached hydrogen (secondary N) is 2. The van der Waals surface area contributed by atoms with Gasteiger partial charge in [0.25, 0.3) is 15.6 Å². The van der Waals surface area contributed by atoms with Crippen LogP contribution in [0.25, 0.3) is 0 Å². The normalized spacial score (nSPS) is 13.5. The van der Waals surface area contributed by atoms with Crippen molar-refractivity contribution in [1.82, 2.24) is 10.6 Å². The molecule has 0 bridgehead atoms. The van der Waals surface area contributed by atoms with Gasteiger partial charge in [0.05, 0.1) is 52.9 Å². The summed E-state index contributed by atoms with van der Waals surface area (Å²) in [6.45, 7) is 9.33. The number of hydrogen-bond donors (Lipinski definition) is 2. The Morgan fingerprint density at radius 2 is 0.527 bits per heavy atom. The number of esters is 4. The molecule has 0 saturated carbocycles. The van der Waals surface area contributed by atoms with Crippen LogP contribution < -0.4 is 79.5 Å². The van der Waals surface area contributed by atoms with Crippen LogP contribution in [0.1, 0.15) is 401 Å². The SMILES string of the molecule is CCCCCCCCCCCC(=O)CC(=O)O[C@H](COCC[C@@H](CCCCCCC)OC(=O)CCCCCCCCCCC)COP(=O)([O-])OCCNC(=O)NCCOP(=O)([O-])OC[C@@H](COCC[C@@H](CCCCCCC)OC(=O)CCCCCCCCCCC)OC(=O)CC(=O)CCCCCCCCCCC.[Na+].[Na+]. The van der Waals surface area contributed by atoms with Crippen molar-refractivity contribution in [2.45, 2.75) is 426 Å². The molecule has 0 aromatic heterocycles. The monoisotopic (exact) mass is 1630 g/mol. The number of hydrogen-bond acceptors (Lipinski definition) is 21. The fraction of sp³-hybridized carbons (Fsp3) is 0.916. The van der Waals surface area contributed by atoms with Crippen molar-refractivity contribution in [3.63, 3.8) is 0 Å². The number of amides is 2. The smallest absolute Gasteiger partial charge is 0.756 e. The molecule has 2 N–H and O–H groups in total. The zero-order valence-electron chi connectivity index (χ0n) is 70.9. The second-order valence-electron chi connectivity index (χ2n) is 29.7. The van der Waals surface area contributed by atoms with Gasteiger partial charge in [-0.1, -0.05) is 298 Å². The first-order valence-corrected chi connectivity index (χ1v) is 46.4. The zero-order chi connectivity index (χ0) is 79.5. The predicted molar refractivity (Wildman–Crippen MR) is 424 cm³/mol. The Labute approximate surface area is 712 Å². The van der Waals surface area contributed by atoms with Crippen LogP contribution >= 0.6 is 15.6 Å². The van der Waals surface area contributed by atoms with E-state index in [0.29, 0.717) is 51.4 Å². The molecule has 0 aliphatic heterocycles. The molecule has 0 aliphatic carbocycles. The number of Topliss-reactive ketones (excluding diaryl/α,β-unsaturated/α-hetero) is 2. The summed E-state index contributed by atoms with van der Waals surface area (Å²) in [6.07, 6.45) is 48.4. The maximum absolute atomic E-state index is 13.1. The number of ether oxygens (including phenoxy) is 6. The molecule has 0 aliphatic rings. The number of carbonyl (C=O) groups excluding carboxylic acids is 7. The largest absolute Gasteiger partial charge is 1.00 e. The first kappa shape index (κ1) is 113. The Bertz CT molecular complexity index is 2130. The average molecular weight is 1630 g/mol. The van der Waals surface area contributed by atoms with Gasteiger partial charge < -0.3 is 66.9 Å². The van der Waals surface area contributed by atoms with Gasteiger partial charge in [0, 0.05) is 51.6 Å². The molecule has 6 atom stereocenters. The van der Waals surface area contributed by atoms with Crippen LogP contribution in [-0.4, -0.2) is 132 Å². The van der Waals surface area contributed by atoms with Gasteiger partial charge >= 0.3 is 89.0 Å². The Morgan fingerprint density at radius 1 is 0.282 bits per heavy atom. The van der Waals surface area contributed by atoms with Gasteiger partial charge in [-0.05, 0) is 51.4 Å². The molecule has 636 valence electrons. The van der Waals surface area contributed by atoms with Gasteiger partial charge in [-0.25, -0.2) is 4.79 Å². The van der Waals surface area contributed by atoms with Crippen molar-refractivity contribution in [3.05, 3.63) is 0 Å². The third-order valence-electron chi connectivity index (χ3n) is 19.1. The summed E-state index contributed by atoms with van der Waals surface area (Å²) in [7, 11) is -10.2. The average Bonchev–Trinajstić information content (AvgIpc) is 0.912. The first-order chi connectivity index (χ1) is 52.3. The van der Waals surface area contributed by atoms with Crippen molar-refractivity contribution < 1.29 is 158 Å². The molecule has 110 heavy (non-hydrogen) atoms. The Hall–Kier alpha value is -1.37. The van der Waals surface area contributed by atoms with E-state index in [-0.39, 0.29) is 135 Å². The summed E-state index contributed by atoms with van der Waals surface area (Å²) < 4.78 is 81.2. The molecule has 27 heteroatoms. The Balaban J connectivity index is -0.0000572. The molecule has 0 aromatic carbocycles. The van der Waals surface area contributed by atoms with E-state index in [1.54, 1.807) is 0 Å². The van der Waals surface area contributed by atoms with E-state index < -0.39 is 97.3 Å². The molecule has 0 spiro atoms. The second kappa shape index (κ2) is 82.7. The molecule has 0 heterocycles. The fourth-order valence-electron chi connectivity index (χ4n) is 12.6. The number of ketones is 2. The van der Waals surface area contributed by atoms with Gasteiger partial charge in [-0.15, -0.1) is 0 Å². The summed E-state index contributed by atoms with van der Waals surface area (Å²) in [5, 5.41) is 4.77. The van der Waals surface area contributed by atoms with E-state index in [2.05, 4.69) is 52.2 Å². The van der Waals surface area contributed by atoms with Crippen molar-refractivity contribution in [2.75, 3.05) is 65.9 Å². The maximum atomic E-state index is 13.1. The van der Waals surface area contributed by atoms with Crippen LogP contribution in [0.5, 0.6) is 0 Å². The molecule has 0 radical (unpaired) electrons. The minimum absolute atomic E-state index is 0. The van der Waals surface area contributed by atoms with Gasteiger partial charge in [0.1, 0.15) is 48.8 Å². The first-order valence-electron chi connectivity index (χ1n) is 43.5. The van der Waals surface area contributed by atoms with E-state index in [9.17, 15) is 52.5 Å². The van der Waals surface area contributed by atoms with Crippen molar-refractivity contribution >= 4 is 57.1 Å². The summed E-state index contributed by atoms with van der Waals surface area (Å²) >= 11 is 0. The van der Waals surface area contributed by atoms with Crippen molar-refractivity contribution in [1.29, 1.82) is 0 Å². The summed E-state index contributed by atoms with van der Waals surface area (Å²) in [5.74, 6) is -2.85.